The quantitative estimate of drug-likeness (QED) is 0.439. The van der Waals surface area contributed by atoms with Gasteiger partial charge < -0.3 is 10.1 Å². The van der Waals surface area contributed by atoms with Crippen LogP contribution in [0.3, 0.4) is 0 Å². The molecule has 0 aliphatic rings. The average molecular weight is 410 g/mol. The van der Waals surface area contributed by atoms with E-state index in [1.807, 2.05) is 36.4 Å². The molecule has 0 saturated carbocycles. The maximum absolute atomic E-state index is 12.4. The zero-order chi connectivity index (χ0) is 20.8. The van der Waals surface area contributed by atoms with Crippen molar-refractivity contribution < 1.29 is 19.1 Å². The largest absolute Gasteiger partial charge is 0.453 e. The van der Waals surface area contributed by atoms with Gasteiger partial charge in [0.25, 0.3) is 5.91 Å². The highest BCUT2D eigenvalue weighted by molar-refractivity contribution is 6.30. The lowest BCUT2D eigenvalue weighted by atomic mass is 10.1. The van der Waals surface area contributed by atoms with Crippen molar-refractivity contribution in [2.24, 2.45) is 0 Å². The number of ketones is 1. The average Bonchev–Trinajstić information content (AvgIpc) is 2.72. The van der Waals surface area contributed by atoms with E-state index in [0.717, 1.165) is 10.8 Å². The van der Waals surface area contributed by atoms with Gasteiger partial charge in [-0.3, -0.25) is 14.4 Å². The third kappa shape index (κ3) is 5.42. The molecule has 3 rings (SSSR count). The summed E-state index contributed by atoms with van der Waals surface area (Å²) in [5.41, 5.74) is 1.12. The van der Waals surface area contributed by atoms with Gasteiger partial charge in [-0.2, -0.15) is 0 Å². The highest BCUT2D eigenvalue weighted by Crippen LogP contribution is 2.23. The van der Waals surface area contributed by atoms with Gasteiger partial charge in [-0.25, -0.2) is 0 Å². The van der Waals surface area contributed by atoms with Gasteiger partial charge in [-0.15, -0.1) is 0 Å². The number of nitrogens with one attached hydrogen (secondary N) is 1. The minimum atomic E-state index is -0.980. The number of anilines is 1. The summed E-state index contributed by atoms with van der Waals surface area (Å²) in [6.07, 6.45) is -1.09. The summed E-state index contributed by atoms with van der Waals surface area (Å²) in [4.78, 5) is 36.6. The van der Waals surface area contributed by atoms with Crippen LogP contribution in [0.2, 0.25) is 5.02 Å². The van der Waals surface area contributed by atoms with Gasteiger partial charge in [0.15, 0.2) is 11.9 Å². The molecule has 5 nitrogen and oxygen atoms in total. The standard InChI is InChI=1S/C23H20ClNO4/c1-15(23(28)25-20-8-4-6-16-5-2-3-7-19(16)20)29-22(27)14-13-21(26)17-9-11-18(24)12-10-17/h2-12,15H,13-14H2,1H3,(H,25,28)/t15-/m1/s1. The van der Waals surface area contributed by atoms with Crippen LogP contribution < -0.4 is 5.32 Å². The Kier molecular flexibility index (Phi) is 6.62. The fraction of sp³-hybridized carbons (Fsp3) is 0.174. The number of halogens is 1. The molecule has 29 heavy (non-hydrogen) atoms. The third-order valence-corrected chi connectivity index (χ3v) is 4.70. The Balaban J connectivity index is 1.53. The number of carbonyl (C=O) groups is 3. The van der Waals surface area contributed by atoms with Gasteiger partial charge in [0.05, 0.1) is 6.42 Å². The Labute approximate surface area is 173 Å². The molecule has 0 bridgehead atoms. The lowest BCUT2D eigenvalue weighted by Gasteiger charge is -2.14. The molecule has 0 spiro atoms. The first-order valence-corrected chi connectivity index (χ1v) is 9.59. The molecular formula is C23H20ClNO4. The van der Waals surface area contributed by atoms with E-state index in [1.54, 1.807) is 30.3 Å². The maximum Gasteiger partial charge on any atom is 0.307 e. The lowest BCUT2D eigenvalue weighted by molar-refractivity contribution is -0.153. The Morgan fingerprint density at radius 1 is 0.931 bits per heavy atom. The molecule has 0 aliphatic heterocycles. The molecule has 0 radical (unpaired) electrons. The number of hydrogen-bond acceptors (Lipinski definition) is 4. The highest BCUT2D eigenvalue weighted by Gasteiger charge is 2.19. The fourth-order valence-electron chi connectivity index (χ4n) is 2.87. The molecule has 1 atom stereocenters. The molecule has 0 heterocycles. The van der Waals surface area contributed by atoms with E-state index in [4.69, 9.17) is 16.3 Å². The summed E-state index contributed by atoms with van der Waals surface area (Å²) in [6.45, 7) is 1.50. The van der Waals surface area contributed by atoms with Crippen molar-refractivity contribution in [3.05, 3.63) is 77.3 Å². The molecule has 0 fully saturated rings. The first-order valence-electron chi connectivity index (χ1n) is 9.21. The molecule has 0 saturated heterocycles. The van der Waals surface area contributed by atoms with Crippen molar-refractivity contribution in [1.82, 2.24) is 0 Å². The summed E-state index contributed by atoms with van der Waals surface area (Å²) in [6, 6.07) is 19.7. The molecule has 3 aromatic rings. The normalized spacial score (nSPS) is 11.7. The second kappa shape index (κ2) is 9.34. The second-order valence-electron chi connectivity index (χ2n) is 6.58. The molecule has 148 valence electrons. The molecule has 6 heteroatoms. The van der Waals surface area contributed by atoms with Crippen molar-refractivity contribution in [3.63, 3.8) is 0 Å². The van der Waals surface area contributed by atoms with Crippen LogP contribution in [-0.4, -0.2) is 23.8 Å². The number of Topliss-reactive ketones (excluding diaryl/α,β-unsaturated/α-hetero) is 1. The Morgan fingerprint density at radius 2 is 1.62 bits per heavy atom. The number of ether oxygens (including phenoxy) is 1. The smallest absolute Gasteiger partial charge is 0.307 e. The summed E-state index contributed by atoms with van der Waals surface area (Å²) >= 11 is 5.80. The minimum absolute atomic E-state index is 0.00186. The van der Waals surface area contributed by atoms with E-state index in [9.17, 15) is 14.4 Å². The van der Waals surface area contributed by atoms with Crippen LogP contribution in [-0.2, 0) is 14.3 Å². The Morgan fingerprint density at radius 3 is 2.38 bits per heavy atom. The molecule has 1 amide bonds. The van der Waals surface area contributed by atoms with Gasteiger partial charge in [0.1, 0.15) is 0 Å². The first kappa shape index (κ1) is 20.6. The number of hydrogen-bond donors (Lipinski definition) is 1. The van der Waals surface area contributed by atoms with Gasteiger partial charge in [-0.1, -0.05) is 48.0 Å². The van der Waals surface area contributed by atoms with Gasteiger partial charge >= 0.3 is 5.97 Å². The summed E-state index contributed by atoms with van der Waals surface area (Å²) < 4.78 is 5.18. The van der Waals surface area contributed by atoms with Gasteiger partial charge in [0, 0.05) is 28.1 Å². The van der Waals surface area contributed by atoms with Crippen molar-refractivity contribution >= 4 is 45.7 Å². The maximum atomic E-state index is 12.4. The Bertz CT molecular complexity index is 1040. The minimum Gasteiger partial charge on any atom is -0.453 e. The number of benzene rings is 3. The number of amides is 1. The van der Waals surface area contributed by atoms with Crippen LogP contribution in [0.5, 0.6) is 0 Å². The van der Waals surface area contributed by atoms with E-state index >= 15 is 0 Å². The predicted molar refractivity (Wildman–Crippen MR) is 113 cm³/mol. The van der Waals surface area contributed by atoms with Crippen molar-refractivity contribution in [2.45, 2.75) is 25.9 Å². The van der Waals surface area contributed by atoms with Crippen LogP contribution in [0, 0.1) is 0 Å². The zero-order valence-electron chi connectivity index (χ0n) is 15.9. The van der Waals surface area contributed by atoms with Gasteiger partial charge in [0.2, 0.25) is 0 Å². The summed E-state index contributed by atoms with van der Waals surface area (Å²) in [7, 11) is 0. The van der Waals surface area contributed by atoms with E-state index in [0.29, 0.717) is 16.3 Å². The summed E-state index contributed by atoms with van der Waals surface area (Å²) in [5.74, 6) is -1.22. The number of carbonyl (C=O) groups excluding carboxylic acids is 3. The van der Waals surface area contributed by atoms with Crippen LogP contribution in [0.4, 0.5) is 5.69 Å². The second-order valence-corrected chi connectivity index (χ2v) is 7.01. The fourth-order valence-corrected chi connectivity index (χ4v) is 3.00. The van der Waals surface area contributed by atoms with E-state index in [1.165, 1.54) is 6.92 Å². The highest BCUT2D eigenvalue weighted by atomic mass is 35.5. The molecule has 0 aliphatic carbocycles. The van der Waals surface area contributed by atoms with E-state index in [2.05, 4.69) is 5.32 Å². The number of esters is 1. The number of fused-ring (bicyclic) bond motifs is 1. The Hall–Kier alpha value is -3.18. The van der Waals surface area contributed by atoms with E-state index < -0.39 is 18.0 Å². The molecule has 0 aromatic heterocycles. The molecule has 0 unspecified atom stereocenters. The van der Waals surface area contributed by atoms with Crippen molar-refractivity contribution in [3.8, 4) is 0 Å². The molecule has 1 N–H and O–H groups in total. The topological polar surface area (TPSA) is 72.5 Å². The first-order chi connectivity index (χ1) is 13.9. The predicted octanol–water partition coefficient (Wildman–Crippen LogP) is 5.03. The van der Waals surface area contributed by atoms with E-state index in [-0.39, 0.29) is 18.6 Å². The zero-order valence-corrected chi connectivity index (χ0v) is 16.6. The lowest BCUT2D eigenvalue weighted by Crippen LogP contribution is -2.30. The van der Waals surface area contributed by atoms with Crippen LogP contribution in [0.15, 0.2) is 66.7 Å². The SMILES string of the molecule is C[C@@H](OC(=O)CCC(=O)c1ccc(Cl)cc1)C(=O)Nc1cccc2ccccc12. The monoisotopic (exact) mass is 409 g/mol. The van der Waals surface area contributed by atoms with Crippen molar-refractivity contribution in [2.75, 3.05) is 5.32 Å². The van der Waals surface area contributed by atoms with Gasteiger partial charge in [-0.05, 0) is 42.6 Å². The van der Waals surface area contributed by atoms with Crippen LogP contribution in [0.1, 0.15) is 30.1 Å². The molecular weight excluding hydrogens is 390 g/mol. The summed E-state index contributed by atoms with van der Waals surface area (Å²) in [5, 5.41) is 5.22. The molecule has 3 aromatic carbocycles. The number of rotatable bonds is 7. The third-order valence-electron chi connectivity index (χ3n) is 4.45. The van der Waals surface area contributed by atoms with Crippen molar-refractivity contribution in [1.29, 1.82) is 0 Å². The van der Waals surface area contributed by atoms with Crippen LogP contribution >= 0.6 is 11.6 Å². The van der Waals surface area contributed by atoms with Crippen LogP contribution in [0.25, 0.3) is 10.8 Å².